The predicted molar refractivity (Wildman–Crippen MR) is 209 cm³/mol. The number of para-hydroxylation sites is 4. The highest BCUT2D eigenvalue weighted by Gasteiger charge is 2.23. The Bertz CT molecular complexity index is 2740. The third kappa shape index (κ3) is 4.90. The van der Waals surface area contributed by atoms with Gasteiger partial charge in [0.05, 0.1) is 11.0 Å². The molecule has 0 atom stereocenters. The summed E-state index contributed by atoms with van der Waals surface area (Å²) in [5, 5.41) is 2.46. The van der Waals surface area contributed by atoms with Crippen molar-refractivity contribution in [1.82, 2.24) is 4.57 Å². The molecule has 9 aromatic rings. The summed E-state index contributed by atoms with van der Waals surface area (Å²) in [5.41, 5.74) is 11.8. The van der Waals surface area contributed by atoms with Crippen LogP contribution in [0.3, 0.4) is 0 Å². The first kappa shape index (κ1) is 29.1. The summed E-state index contributed by atoms with van der Waals surface area (Å²) in [6, 6.07) is 65.7. The molecule has 0 spiro atoms. The van der Waals surface area contributed by atoms with E-state index >= 15 is 0 Å². The first-order chi connectivity index (χ1) is 25.3. The number of ether oxygens (including phenoxy) is 2. The smallest absolute Gasteiger partial charge is 0.136 e. The van der Waals surface area contributed by atoms with Gasteiger partial charge in [0.2, 0.25) is 0 Å². The van der Waals surface area contributed by atoms with E-state index in [1.807, 2.05) is 30.3 Å². The van der Waals surface area contributed by atoms with Gasteiger partial charge in [-0.3, -0.25) is 0 Å². The van der Waals surface area contributed by atoms with Crippen LogP contribution in [0.15, 0.2) is 188 Å². The Morgan fingerprint density at radius 3 is 1.73 bits per heavy atom. The van der Waals surface area contributed by atoms with E-state index in [1.54, 1.807) is 0 Å². The number of nitrogens with zero attached hydrogens (tertiary/aromatic N) is 1. The Kier molecular flexibility index (Phi) is 6.81. The summed E-state index contributed by atoms with van der Waals surface area (Å²) < 4.78 is 16.2. The van der Waals surface area contributed by atoms with Crippen molar-refractivity contribution in [3.05, 3.63) is 188 Å². The average molecular weight is 654 g/mol. The van der Waals surface area contributed by atoms with Crippen LogP contribution in [0, 0.1) is 0 Å². The average Bonchev–Trinajstić information content (AvgIpc) is 3.53. The van der Waals surface area contributed by atoms with Crippen LogP contribution in [-0.2, 0) is 0 Å². The van der Waals surface area contributed by atoms with Crippen molar-refractivity contribution >= 4 is 21.8 Å². The van der Waals surface area contributed by atoms with E-state index in [4.69, 9.17) is 9.47 Å². The molecule has 0 saturated carbocycles. The molecule has 240 valence electrons. The molecule has 0 amide bonds. The summed E-state index contributed by atoms with van der Waals surface area (Å²) in [4.78, 5) is 0. The lowest BCUT2D eigenvalue weighted by molar-refractivity contribution is 0.472. The van der Waals surface area contributed by atoms with E-state index in [-0.39, 0.29) is 0 Å². The van der Waals surface area contributed by atoms with Crippen molar-refractivity contribution in [1.29, 1.82) is 0 Å². The maximum atomic E-state index is 7.01. The maximum absolute atomic E-state index is 7.01. The number of hydrogen-bond acceptors (Lipinski definition) is 2. The van der Waals surface area contributed by atoms with Gasteiger partial charge in [-0.15, -0.1) is 0 Å². The van der Waals surface area contributed by atoms with Gasteiger partial charge >= 0.3 is 0 Å². The van der Waals surface area contributed by atoms with Gasteiger partial charge in [-0.05, 0) is 76.9 Å². The number of rotatable bonds is 3. The van der Waals surface area contributed by atoms with Crippen LogP contribution >= 0.6 is 0 Å². The summed E-state index contributed by atoms with van der Waals surface area (Å²) in [6.45, 7) is 0. The molecule has 0 N–H and O–H groups in total. The highest BCUT2D eigenvalue weighted by atomic mass is 16.5. The minimum Gasteiger partial charge on any atom is -0.456 e. The van der Waals surface area contributed by atoms with Crippen LogP contribution in [-0.4, -0.2) is 4.57 Å². The lowest BCUT2D eigenvalue weighted by Crippen LogP contribution is -1.99. The fourth-order valence-electron chi connectivity index (χ4n) is 7.54. The van der Waals surface area contributed by atoms with Crippen LogP contribution in [0.5, 0.6) is 23.0 Å². The van der Waals surface area contributed by atoms with Gasteiger partial charge in [0, 0.05) is 38.7 Å². The molecule has 2 heterocycles. The van der Waals surface area contributed by atoms with Crippen LogP contribution in [0.4, 0.5) is 0 Å². The van der Waals surface area contributed by atoms with Gasteiger partial charge < -0.3 is 14.0 Å². The topological polar surface area (TPSA) is 23.4 Å². The molecule has 51 heavy (non-hydrogen) atoms. The summed E-state index contributed by atoms with van der Waals surface area (Å²) in [7, 11) is 0. The predicted octanol–water partition coefficient (Wildman–Crippen LogP) is 13.3. The van der Waals surface area contributed by atoms with Crippen molar-refractivity contribution in [3.8, 4) is 73.2 Å². The van der Waals surface area contributed by atoms with E-state index in [1.165, 1.54) is 21.8 Å². The lowest BCUT2D eigenvalue weighted by atomic mass is 9.92. The highest BCUT2D eigenvalue weighted by molar-refractivity contribution is 6.10. The Hall–Kier alpha value is -6.84. The first-order valence-corrected chi connectivity index (χ1v) is 17.3. The third-order valence-corrected chi connectivity index (χ3v) is 9.89. The Morgan fingerprint density at radius 2 is 0.882 bits per heavy atom. The highest BCUT2D eigenvalue weighted by Crippen LogP contribution is 2.50. The van der Waals surface area contributed by atoms with E-state index in [2.05, 4.69) is 162 Å². The second-order valence-corrected chi connectivity index (χ2v) is 12.9. The molecule has 10 rings (SSSR count). The number of benzene rings is 8. The van der Waals surface area contributed by atoms with Gasteiger partial charge in [0.15, 0.2) is 0 Å². The van der Waals surface area contributed by atoms with E-state index in [0.717, 1.165) is 73.2 Å². The molecule has 0 radical (unpaired) electrons. The Balaban J connectivity index is 1.19. The zero-order chi connectivity index (χ0) is 33.7. The van der Waals surface area contributed by atoms with Crippen molar-refractivity contribution in [2.45, 2.75) is 0 Å². The monoisotopic (exact) mass is 653 g/mol. The van der Waals surface area contributed by atoms with Crippen molar-refractivity contribution in [2.24, 2.45) is 0 Å². The summed E-state index contributed by atoms with van der Waals surface area (Å²) >= 11 is 0. The van der Waals surface area contributed by atoms with Gasteiger partial charge in [-0.25, -0.2) is 0 Å². The van der Waals surface area contributed by atoms with Gasteiger partial charge in [0.1, 0.15) is 23.0 Å². The summed E-state index contributed by atoms with van der Waals surface area (Å²) in [5.74, 6) is 3.08. The van der Waals surface area contributed by atoms with Crippen LogP contribution in [0.25, 0.3) is 72.0 Å². The molecule has 1 aliphatic rings. The molecule has 0 bridgehead atoms. The number of hydrogen-bond donors (Lipinski definition) is 0. The van der Waals surface area contributed by atoms with Crippen molar-refractivity contribution in [2.75, 3.05) is 0 Å². The Labute approximate surface area is 296 Å². The lowest BCUT2D eigenvalue weighted by Gasteiger charge is -2.23. The van der Waals surface area contributed by atoms with Crippen molar-refractivity contribution < 1.29 is 9.47 Å². The molecule has 8 aromatic carbocycles. The van der Waals surface area contributed by atoms with Gasteiger partial charge in [-0.1, -0.05) is 133 Å². The standard InChI is InChI=1S/C48H31NO2/c1-3-14-32(15-4-1)36-21-13-25-47-48(36)40-20-9-12-24-45(40)50-44-23-11-8-19-39(44)41-30-33(27-29-46(41)51-47)34-26-28-38-37-18-7-10-22-42(37)49(43(38)31-34)35-16-5-2-6-17-35/h1-31H. The van der Waals surface area contributed by atoms with E-state index < -0.39 is 0 Å². The normalized spacial score (nSPS) is 11.8. The fourth-order valence-corrected chi connectivity index (χ4v) is 7.54. The second-order valence-electron chi connectivity index (χ2n) is 12.9. The van der Waals surface area contributed by atoms with Gasteiger partial charge in [0.25, 0.3) is 0 Å². The summed E-state index contributed by atoms with van der Waals surface area (Å²) in [6.07, 6.45) is 0. The van der Waals surface area contributed by atoms with Crippen LogP contribution in [0.1, 0.15) is 0 Å². The molecular formula is C48H31NO2. The molecule has 0 fully saturated rings. The second kappa shape index (κ2) is 11.9. The Morgan fingerprint density at radius 1 is 0.314 bits per heavy atom. The molecule has 3 nitrogen and oxygen atoms in total. The molecule has 1 aliphatic heterocycles. The van der Waals surface area contributed by atoms with Crippen LogP contribution in [0.2, 0.25) is 0 Å². The molecule has 3 heteroatoms. The van der Waals surface area contributed by atoms with E-state index in [0.29, 0.717) is 0 Å². The minimum absolute atomic E-state index is 0.764. The minimum atomic E-state index is 0.764. The number of aromatic nitrogens is 1. The molecule has 0 aliphatic carbocycles. The van der Waals surface area contributed by atoms with Crippen LogP contribution < -0.4 is 9.47 Å². The molecule has 0 unspecified atom stereocenters. The van der Waals surface area contributed by atoms with Gasteiger partial charge in [-0.2, -0.15) is 0 Å². The largest absolute Gasteiger partial charge is 0.456 e. The first-order valence-electron chi connectivity index (χ1n) is 17.3. The molecule has 0 saturated heterocycles. The maximum Gasteiger partial charge on any atom is 0.136 e. The quantitative estimate of drug-likeness (QED) is 0.189. The molecular weight excluding hydrogens is 623 g/mol. The van der Waals surface area contributed by atoms with Crippen molar-refractivity contribution in [3.63, 3.8) is 0 Å². The third-order valence-electron chi connectivity index (χ3n) is 9.89. The fraction of sp³-hybridized carbons (Fsp3) is 0. The SMILES string of the molecule is c1ccc(-c2cccc3c2-c2ccccc2Oc2ccccc2-c2cc(-c4ccc5c6ccccc6n(-c6ccccc6)c5c4)ccc2O3)cc1. The zero-order valence-corrected chi connectivity index (χ0v) is 27.7. The van der Waals surface area contributed by atoms with E-state index in [9.17, 15) is 0 Å². The molecule has 1 aromatic heterocycles. The zero-order valence-electron chi connectivity index (χ0n) is 27.7. The number of fused-ring (bicyclic) bond motifs is 9.